The summed E-state index contributed by atoms with van der Waals surface area (Å²) < 4.78 is 10.4. The average Bonchev–Trinajstić information content (AvgIpc) is 2.46. The Bertz CT molecular complexity index is 281. The quantitative estimate of drug-likeness (QED) is 0.674. The van der Waals surface area contributed by atoms with Gasteiger partial charge in [-0.3, -0.25) is 4.79 Å². The van der Waals surface area contributed by atoms with E-state index in [-0.39, 0.29) is 5.60 Å². The van der Waals surface area contributed by atoms with E-state index in [4.69, 9.17) is 9.15 Å². The minimum absolute atomic E-state index is 0.197. The third kappa shape index (κ3) is 3.03. The van der Waals surface area contributed by atoms with Crippen molar-refractivity contribution in [2.75, 3.05) is 0 Å². The summed E-state index contributed by atoms with van der Waals surface area (Å²) >= 11 is 0. The highest BCUT2D eigenvalue weighted by atomic mass is 16.5. The molecule has 1 aromatic heterocycles. The number of hydrogen-bond donors (Lipinski definition) is 0. The molecule has 0 radical (unpaired) electrons. The number of furan rings is 1. The van der Waals surface area contributed by atoms with Gasteiger partial charge in [-0.1, -0.05) is 0 Å². The molecule has 0 aliphatic carbocycles. The minimum Gasteiger partial charge on any atom is -0.461 e. The lowest BCUT2D eigenvalue weighted by Gasteiger charge is -2.18. The first-order chi connectivity index (χ1) is 6.03. The number of hydrogen-bond acceptors (Lipinski definition) is 3. The molecular weight excluding hydrogens is 168 g/mol. The molecule has 0 fully saturated rings. The Hall–Kier alpha value is -1.09. The van der Waals surface area contributed by atoms with Gasteiger partial charge in [-0.15, -0.1) is 0 Å². The van der Waals surface area contributed by atoms with Gasteiger partial charge in [0.2, 0.25) is 0 Å². The topological polar surface area (TPSA) is 39.4 Å². The van der Waals surface area contributed by atoms with E-state index < -0.39 is 0 Å². The second-order valence-corrected chi connectivity index (χ2v) is 3.83. The van der Waals surface area contributed by atoms with Gasteiger partial charge in [-0.2, -0.15) is 0 Å². The average molecular weight is 182 g/mol. The second kappa shape index (κ2) is 3.75. The van der Waals surface area contributed by atoms with Crippen molar-refractivity contribution < 1.29 is 13.9 Å². The number of ether oxygens (including phenoxy) is 1. The van der Waals surface area contributed by atoms with Crippen LogP contribution in [0.1, 0.15) is 36.9 Å². The largest absolute Gasteiger partial charge is 0.461 e. The van der Waals surface area contributed by atoms with Crippen LogP contribution in [0.15, 0.2) is 16.7 Å². The van der Waals surface area contributed by atoms with Crippen LogP contribution in [0.2, 0.25) is 0 Å². The van der Waals surface area contributed by atoms with Crippen LogP contribution in [0, 0.1) is 0 Å². The van der Waals surface area contributed by atoms with Crippen LogP contribution in [-0.2, 0) is 11.3 Å². The fraction of sp³-hybridized carbons (Fsp3) is 0.500. The summed E-state index contributed by atoms with van der Waals surface area (Å²) in [6.07, 6.45) is 2.19. The molecule has 0 bridgehead atoms. The number of carbonyl (C=O) groups excluding carboxylic acids is 1. The van der Waals surface area contributed by atoms with Gasteiger partial charge in [0.15, 0.2) is 12.0 Å². The van der Waals surface area contributed by atoms with E-state index in [0.29, 0.717) is 18.7 Å². The third-order valence-corrected chi connectivity index (χ3v) is 1.55. The van der Waals surface area contributed by atoms with Crippen LogP contribution in [-0.4, -0.2) is 11.9 Å². The summed E-state index contributed by atoms with van der Waals surface area (Å²) in [6.45, 7) is 6.31. The van der Waals surface area contributed by atoms with Crippen LogP contribution in [0.25, 0.3) is 0 Å². The maximum absolute atomic E-state index is 10.5. The van der Waals surface area contributed by atoms with Crippen LogP contribution >= 0.6 is 0 Å². The van der Waals surface area contributed by atoms with Crippen molar-refractivity contribution >= 4 is 6.29 Å². The predicted octanol–water partition coefficient (Wildman–Crippen LogP) is 2.41. The van der Waals surface area contributed by atoms with Gasteiger partial charge >= 0.3 is 0 Å². The molecule has 1 aromatic rings. The Morgan fingerprint density at radius 2 is 2.23 bits per heavy atom. The van der Waals surface area contributed by atoms with E-state index in [2.05, 4.69) is 0 Å². The van der Waals surface area contributed by atoms with Crippen molar-refractivity contribution in [3.8, 4) is 0 Å². The third-order valence-electron chi connectivity index (χ3n) is 1.55. The molecular formula is C10H14O3. The molecule has 72 valence electrons. The van der Waals surface area contributed by atoms with Gasteiger partial charge < -0.3 is 9.15 Å². The summed E-state index contributed by atoms with van der Waals surface area (Å²) in [5, 5.41) is 0. The summed E-state index contributed by atoms with van der Waals surface area (Å²) in [5.74, 6) is 0.351. The second-order valence-electron chi connectivity index (χ2n) is 3.83. The molecule has 0 saturated heterocycles. The van der Waals surface area contributed by atoms with Crippen LogP contribution < -0.4 is 0 Å². The lowest BCUT2D eigenvalue weighted by Crippen LogP contribution is -2.18. The van der Waals surface area contributed by atoms with Crippen molar-refractivity contribution in [3.63, 3.8) is 0 Å². The molecule has 0 spiro atoms. The normalized spacial score (nSPS) is 11.6. The maximum atomic E-state index is 10.5. The fourth-order valence-electron chi connectivity index (χ4n) is 0.864. The van der Waals surface area contributed by atoms with E-state index in [1.165, 1.54) is 6.26 Å². The molecule has 1 heterocycles. The highest BCUT2D eigenvalue weighted by Gasteiger charge is 2.12. The predicted molar refractivity (Wildman–Crippen MR) is 48.6 cm³/mol. The maximum Gasteiger partial charge on any atom is 0.185 e. The summed E-state index contributed by atoms with van der Waals surface area (Å²) in [5.41, 5.74) is 0.599. The van der Waals surface area contributed by atoms with Crippen molar-refractivity contribution in [2.45, 2.75) is 33.0 Å². The number of carbonyl (C=O) groups is 1. The lowest BCUT2D eigenvalue weighted by atomic mass is 10.2. The molecule has 0 unspecified atom stereocenters. The molecule has 13 heavy (non-hydrogen) atoms. The smallest absolute Gasteiger partial charge is 0.185 e. The zero-order valence-corrected chi connectivity index (χ0v) is 8.16. The monoisotopic (exact) mass is 182 g/mol. The Morgan fingerprint density at radius 3 is 2.77 bits per heavy atom. The van der Waals surface area contributed by atoms with Crippen molar-refractivity contribution in [2.24, 2.45) is 0 Å². The molecule has 0 amide bonds. The molecule has 1 rings (SSSR count). The Morgan fingerprint density at radius 1 is 1.54 bits per heavy atom. The first-order valence-corrected chi connectivity index (χ1v) is 4.18. The molecule has 0 aliphatic heterocycles. The van der Waals surface area contributed by atoms with Crippen molar-refractivity contribution in [3.05, 3.63) is 23.7 Å². The fourth-order valence-corrected chi connectivity index (χ4v) is 0.864. The van der Waals surface area contributed by atoms with Crippen LogP contribution in [0.3, 0.4) is 0 Å². The Labute approximate surface area is 77.7 Å². The Balaban J connectivity index is 2.59. The molecule has 3 nitrogen and oxygen atoms in total. The van der Waals surface area contributed by atoms with Crippen molar-refractivity contribution in [1.82, 2.24) is 0 Å². The molecule has 0 atom stereocenters. The SMILES string of the molecule is CC(C)(C)OCc1ccoc1C=O. The molecule has 0 N–H and O–H groups in total. The highest BCUT2D eigenvalue weighted by Crippen LogP contribution is 2.14. The number of aldehydes is 1. The minimum atomic E-state index is -0.197. The lowest BCUT2D eigenvalue weighted by molar-refractivity contribution is -0.0153. The van der Waals surface area contributed by atoms with Gasteiger partial charge in [-0.05, 0) is 26.8 Å². The first-order valence-electron chi connectivity index (χ1n) is 4.18. The van der Waals surface area contributed by atoms with Gasteiger partial charge in [0, 0.05) is 5.56 Å². The van der Waals surface area contributed by atoms with E-state index >= 15 is 0 Å². The van der Waals surface area contributed by atoms with Gasteiger partial charge in [0.1, 0.15) is 0 Å². The first kappa shape index (κ1) is 9.99. The Kier molecular flexibility index (Phi) is 2.88. The molecule has 0 saturated carbocycles. The highest BCUT2D eigenvalue weighted by molar-refractivity contribution is 5.72. The molecule has 0 aromatic carbocycles. The van der Waals surface area contributed by atoms with Crippen LogP contribution in [0.4, 0.5) is 0 Å². The number of rotatable bonds is 3. The van der Waals surface area contributed by atoms with Gasteiger partial charge in [0.25, 0.3) is 0 Å². The van der Waals surface area contributed by atoms with Gasteiger partial charge in [0.05, 0.1) is 18.5 Å². The molecule has 3 heteroatoms. The standard InChI is InChI=1S/C10H14O3/c1-10(2,3)13-7-8-4-5-12-9(8)6-11/h4-6H,7H2,1-3H3. The zero-order chi connectivity index (χ0) is 9.90. The summed E-state index contributed by atoms with van der Waals surface area (Å²) in [6, 6.07) is 1.75. The zero-order valence-electron chi connectivity index (χ0n) is 8.16. The van der Waals surface area contributed by atoms with E-state index in [1.807, 2.05) is 20.8 Å². The van der Waals surface area contributed by atoms with E-state index in [0.717, 1.165) is 5.56 Å². The van der Waals surface area contributed by atoms with Gasteiger partial charge in [-0.25, -0.2) is 0 Å². The van der Waals surface area contributed by atoms with Crippen LogP contribution in [0.5, 0.6) is 0 Å². The molecule has 0 aliphatic rings. The van der Waals surface area contributed by atoms with E-state index in [1.54, 1.807) is 6.07 Å². The summed E-state index contributed by atoms with van der Waals surface area (Å²) in [7, 11) is 0. The van der Waals surface area contributed by atoms with E-state index in [9.17, 15) is 4.79 Å². The van der Waals surface area contributed by atoms with Crippen molar-refractivity contribution in [1.29, 1.82) is 0 Å². The summed E-state index contributed by atoms with van der Waals surface area (Å²) in [4.78, 5) is 10.5.